The summed E-state index contributed by atoms with van der Waals surface area (Å²) in [6.45, 7) is 4.63. The lowest BCUT2D eigenvalue weighted by Crippen LogP contribution is -2.50. The fourth-order valence-electron chi connectivity index (χ4n) is 5.09. The van der Waals surface area contributed by atoms with E-state index in [1.165, 1.54) is 0 Å². The summed E-state index contributed by atoms with van der Waals surface area (Å²) >= 11 is 0. The molecule has 0 unspecified atom stereocenters. The molecule has 3 heterocycles. The Morgan fingerprint density at radius 2 is 1.59 bits per heavy atom. The number of ether oxygens (including phenoxy) is 1. The molecule has 3 aliphatic heterocycles. The number of likely N-dealkylation sites (tertiary alicyclic amines) is 3. The van der Waals surface area contributed by atoms with Gasteiger partial charge >= 0.3 is 12.1 Å². The smallest absolute Gasteiger partial charge is 0.410 e. The van der Waals surface area contributed by atoms with E-state index in [2.05, 4.69) is 22.6 Å². The van der Waals surface area contributed by atoms with Gasteiger partial charge in [-0.15, -0.1) is 0 Å². The SMILES string of the molecule is CN1CC[C@H](CC(=O)N[C@@H]2CCN(C(=O)NC3CCN(C(=O)OCc4ccccc4)CC3)C2)C1. The van der Waals surface area contributed by atoms with Gasteiger partial charge in [-0.05, 0) is 50.8 Å². The molecule has 0 aliphatic carbocycles. The summed E-state index contributed by atoms with van der Waals surface area (Å²) in [5, 5.41) is 6.22. The Hall–Kier alpha value is -2.81. The first-order valence-electron chi connectivity index (χ1n) is 12.4. The van der Waals surface area contributed by atoms with Gasteiger partial charge in [-0.1, -0.05) is 30.3 Å². The van der Waals surface area contributed by atoms with Crippen LogP contribution in [0.5, 0.6) is 0 Å². The van der Waals surface area contributed by atoms with Crippen molar-refractivity contribution in [3.8, 4) is 0 Å². The third kappa shape index (κ3) is 6.85. The van der Waals surface area contributed by atoms with E-state index in [0.29, 0.717) is 51.4 Å². The summed E-state index contributed by atoms with van der Waals surface area (Å²) in [5.74, 6) is 0.534. The standard InChI is InChI=1S/C25H37N5O4/c1-28-11-7-20(16-28)15-23(31)26-22-10-14-30(17-22)24(32)27-21-8-12-29(13-9-21)25(33)34-18-19-5-3-2-4-6-19/h2-6,20-22H,7-18H2,1H3,(H,26,31)(H,27,32)/t20-,22-/m1/s1. The fourth-order valence-corrected chi connectivity index (χ4v) is 5.09. The Morgan fingerprint density at radius 1 is 0.882 bits per heavy atom. The fraction of sp³-hybridized carbons (Fsp3) is 0.640. The second kappa shape index (κ2) is 11.6. The zero-order valence-corrected chi connectivity index (χ0v) is 20.1. The first-order valence-corrected chi connectivity index (χ1v) is 12.4. The highest BCUT2D eigenvalue weighted by molar-refractivity contribution is 5.77. The molecule has 0 spiro atoms. The van der Waals surface area contributed by atoms with Crippen molar-refractivity contribution >= 4 is 18.0 Å². The van der Waals surface area contributed by atoms with Gasteiger partial charge in [0.2, 0.25) is 5.91 Å². The van der Waals surface area contributed by atoms with Crippen LogP contribution in [0.25, 0.3) is 0 Å². The van der Waals surface area contributed by atoms with Crippen LogP contribution in [0, 0.1) is 5.92 Å². The number of nitrogens with one attached hydrogen (secondary N) is 2. The number of hydrogen-bond acceptors (Lipinski definition) is 5. The first kappa shape index (κ1) is 24.3. The van der Waals surface area contributed by atoms with Crippen LogP contribution in [0.15, 0.2) is 30.3 Å². The van der Waals surface area contributed by atoms with E-state index in [1.54, 1.807) is 9.80 Å². The molecule has 1 aromatic carbocycles. The van der Waals surface area contributed by atoms with E-state index in [-0.39, 0.29) is 36.7 Å². The Kier molecular flexibility index (Phi) is 8.26. The maximum atomic E-state index is 12.7. The third-order valence-corrected chi connectivity index (χ3v) is 7.09. The van der Waals surface area contributed by atoms with Crippen molar-refractivity contribution < 1.29 is 19.1 Å². The molecule has 0 bridgehead atoms. The van der Waals surface area contributed by atoms with Crippen LogP contribution < -0.4 is 10.6 Å². The Bertz CT molecular complexity index is 843. The zero-order chi connectivity index (χ0) is 23.9. The third-order valence-electron chi connectivity index (χ3n) is 7.09. The molecule has 9 nitrogen and oxygen atoms in total. The van der Waals surface area contributed by atoms with Gasteiger partial charge in [-0.3, -0.25) is 4.79 Å². The molecule has 1 aromatic rings. The van der Waals surface area contributed by atoms with E-state index in [9.17, 15) is 14.4 Å². The maximum absolute atomic E-state index is 12.7. The maximum Gasteiger partial charge on any atom is 0.410 e. The minimum Gasteiger partial charge on any atom is -0.445 e. The summed E-state index contributed by atoms with van der Waals surface area (Å²) in [7, 11) is 2.09. The number of benzene rings is 1. The number of rotatable bonds is 6. The number of carbonyl (C=O) groups is 3. The quantitative estimate of drug-likeness (QED) is 0.662. The van der Waals surface area contributed by atoms with Gasteiger partial charge in [0.1, 0.15) is 6.61 Å². The van der Waals surface area contributed by atoms with E-state index >= 15 is 0 Å². The number of carbonyl (C=O) groups excluding carboxylic acids is 3. The monoisotopic (exact) mass is 471 g/mol. The molecule has 0 saturated carbocycles. The summed E-state index contributed by atoms with van der Waals surface area (Å²) in [6, 6.07) is 9.61. The van der Waals surface area contributed by atoms with E-state index in [1.807, 2.05) is 30.3 Å². The molecular formula is C25H37N5O4. The van der Waals surface area contributed by atoms with Crippen LogP contribution in [-0.2, 0) is 16.1 Å². The lowest BCUT2D eigenvalue weighted by atomic mass is 10.0. The lowest BCUT2D eigenvalue weighted by Gasteiger charge is -2.32. The minimum absolute atomic E-state index is 0.0265. The van der Waals surface area contributed by atoms with Crippen molar-refractivity contribution in [3.63, 3.8) is 0 Å². The normalized spacial score (nSPS) is 23.7. The van der Waals surface area contributed by atoms with Gasteiger partial charge < -0.3 is 30.1 Å². The Balaban J connectivity index is 1.12. The second-order valence-corrected chi connectivity index (χ2v) is 9.87. The van der Waals surface area contributed by atoms with Crippen LogP contribution in [0.4, 0.5) is 9.59 Å². The van der Waals surface area contributed by atoms with Gasteiger partial charge in [-0.2, -0.15) is 0 Å². The van der Waals surface area contributed by atoms with Crippen molar-refractivity contribution in [1.82, 2.24) is 25.3 Å². The number of piperidine rings is 1. The molecule has 186 valence electrons. The average molecular weight is 472 g/mol. The van der Waals surface area contributed by atoms with Crippen molar-refractivity contribution in [1.29, 1.82) is 0 Å². The largest absolute Gasteiger partial charge is 0.445 e. The van der Waals surface area contributed by atoms with E-state index in [0.717, 1.165) is 31.5 Å². The number of nitrogens with zero attached hydrogens (tertiary/aromatic N) is 3. The predicted octanol–water partition coefficient (Wildman–Crippen LogP) is 2.03. The van der Waals surface area contributed by atoms with Gasteiger partial charge in [0.05, 0.1) is 0 Å². The van der Waals surface area contributed by atoms with E-state index in [4.69, 9.17) is 4.74 Å². The highest BCUT2D eigenvalue weighted by Gasteiger charge is 2.31. The molecule has 9 heteroatoms. The van der Waals surface area contributed by atoms with Crippen LogP contribution in [-0.4, -0.2) is 91.1 Å². The topological polar surface area (TPSA) is 94.2 Å². The highest BCUT2D eigenvalue weighted by atomic mass is 16.6. The molecular weight excluding hydrogens is 434 g/mol. The van der Waals surface area contributed by atoms with Crippen LogP contribution in [0.2, 0.25) is 0 Å². The molecule has 3 saturated heterocycles. The first-order chi connectivity index (χ1) is 16.5. The van der Waals surface area contributed by atoms with Crippen molar-refractivity contribution in [2.75, 3.05) is 46.3 Å². The molecule has 0 radical (unpaired) electrons. The molecule has 3 fully saturated rings. The van der Waals surface area contributed by atoms with Crippen molar-refractivity contribution in [3.05, 3.63) is 35.9 Å². The number of urea groups is 1. The van der Waals surface area contributed by atoms with Crippen LogP contribution in [0.1, 0.15) is 37.7 Å². The molecule has 3 aliphatic rings. The Labute approximate surface area is 201 Å². The summed E-state index contributed by atoms with van der Waals surface area (Å²) in [6.07, 6.45) is 3.53. The average Bonchev–Trinajstić information content (AvgIpc) is 3.47. The summed E-state index contributed by atoms with van der Waals surface area (Å²) in [5.41, 5.74) is 0.962. The van der Waals surface area contributed by atoms with Gasteiger partial charge in [-0.25, -0.2) is 9.59 Å². The molecule has 2 N–H and O–H groups in total. The number of amides is 4. The molecule has 2 atom stereocenters. The Morgan fingerprint density at radius 3 is 2.29 bits per heavy atom. The van der Waals surface area contributed by atoms with E-state index < -0.39 is 0 Å². The predicted molar refractivity (Wildman–Crippen MR) is 128 cm³/mol. The van der Waals surface area contributed by atoms with Crippen molar-refractivity contribution in [2.24, 2.45) is 5.92 Å². The van der Waals surface area contributed by atoms with Gasteiger partial charge in [0, 0.05) is 51.2 Å². The molecule has 4 amide bonds. The number of hydrogen-bond donors (Lipinski definition) is 2. The molecule has 4 rings (SSSR count). The minimum atomic E-state index is -0.309. The van der Waals surface area contributed by atoms with Crippen LogP contribution in [0.3, 0.4) is 0 Å². The zero-order valence-electron chi connectivity index (χ0n) is 20.1. The molecule has 34 heavy (non-hydrogen) atoms. The summed E-state index contributed by atoms with van der Waals surface area (Å²) in [4.78, 5) is 43.2. The highest BCUT2D eigenvalue weighted by Crippen LogP contribution is 2.19. The van der Waals surface area contributed by atoms with Crippen LogP contribution >= 0.6 is 0 Å². The lowest BCUT2D eigenvalue weighted by molar-refractivity contribution is -0.122. The molecule has 0 aromatic heterocycles. The van der Waals surface area contributed by atoms with Crippen molar-refractivity contribution in [2.45, 2.75) is 50.8 Å². The summed E-state index contributed by atoms with van der Waals surface area (Å²) < 4.78 is 5.41. The van der Waals surface area contributed by atoms with Gasteiger partial charge in [0.25, 0.3) is 0 Å². The van der Waals surface area contributed by atoms with Gasteiger partial charge in [0.15, 0.2) is 0 Å². The second-order valence-electron chi connectivity index (χ2n) is 9.87.